The first-order chi connectivity index (χ1) is 9.08. The molecule has 2 aliphatic rings. The quantitative estimate of drug-likeness (QED) is 0.807. The molecule has 3 rings (SSSR count). The summed E-state index contributed by atoms with van der Waals surface area (Å²) >= 11 is 3.51. The SMILES string of the molecule is CB(O)N1CCC2(CCc3cc(Br)ccc3O2)CC1. The van der Waals surface area contributed by atoms with Gasteiger partial charge in [0.25, 0.3) is 0 Å². The van der Waals surface area contributed by atoms with Gasteiger partial charge >= 0.3 is 7.05 Å². The third kappa shape index (κ3) is 2.69. The van der Waals surface area contributed by atoms with Crippen LogP contribution in [0.25, 0.3) is 0 Å². The molecule has 0 atom stereocenters. The van der Waals surface area contributed by atoms with E-state index in [0.717, 1.165) is 49.0 Å². The summed E-state index contributed by atoms with van der Waals surface area (Å²) in [5, 5.41) is 9.63. The van der Waals surface area contributed by atoms with Crippen molar-refractivity contribution >= 4 is 23.0 Å². The van der Waals surface area contributed by atoms with Gasteiger partial charge in [-0.05, 0) is 69.4 Å². The van der Waals surface area contributed by atoms with Gasteiger partial charge in [0.15, 0.2) is 0 Å². The highest BCUT2D eigenvalue weighted by molar-refractivity contribution is 9.10. The number of hydrogen-bond acceptors (Lipinski definition) is 3. The molecular weight excluding hydrogens is 305 g/mol. The maximum atomic E-state index is 9.63. The highest BCUT2D eigenvalue weighted by Crippen LogP contribution is 2.40. The number of rotatable bonds is 1. The average Bonchev–Trinajstić information content (AvgIpc) is 2.40. The third-order valence-electron chi connectivity index (χ3n) is 4.44. The second-order valence-electron chi connectivity index (χ2n) is 5.70. The van der Waals surface area contributed by atoms with Crippen molar-refractivity contribution in [3.8, 4) is 5.75 Å². The van der Waals surface area contributed by atoms with E-state index >= 15 is 0 Å². The van der Waals surface area contributed by atoms with E-state index < -0.39 is 0 Å². The lowest BCUT2D eigenvalue weighted by molar-refractivity contribution is -0.00126. The van der Waals surface area contributed by atoms with Crippen molar-refractivity contribution in [2.75, 3.05) is 13.1 Å². The summed E-state index contributed by atoms with van der Waals surface area (Å²) in [4.78, 5) is 2.12. The molecule has 0 radical (unpaired) electrons. The van der Waals surface area contributed by atoms with Gasteiger partial charge in [-0.2, -0.15) is 0 Å². The van der Waals surface area contributed by atoms with E-state index in [1.165, 1.54) is 5.56 Å². The van der Waals surface area contributed by atoms with Gasteiger partial charge in [-0.1, -0.05) is 15.9 Å². The number of piperidine rings is 1. The van der Waals surface area contributed by atoms with Crippen LogP contribution in [0.15, 0.2) is 22.7 Å². The van der Waals surface area contributed by atoms with Gasteiger partial charge in [0.2, 0.25) is 0 Å². The zero-order valence-electron chi connectivity index (χ0n) is 11.2. The van der Waals surface area contributed by atoms with Crippen molar-refractivity contribution < 1.29 is 9.76 Å². The molecule has 1 aromatic carbocycles. The number of aryl methyl sites for hydroxylation is 1. The van der Waals surface area contributed by atoms with Gasteiger partial charge in [-0.3, -0.25) is 0 Å². The average molecular weight is 324 g/mol. The summed E-state index contributed by atoms with van der Waals surface area (Å²) in [6.45, 7) is 3.68. The fourth-order valence-electron chi connectivity index (χ4n) is 3.15. The van der Waals surface area contributed by atoms with Crippen molar-refractivity contribution in [3.05, 3.63) is 28.2 Å². The van der Waals surface area contributed by atoms with Crippen molar-refractivity contribution in [2.24, 2.45) is 0 Å². The van der Waals surface area contributed by atoms with Crippen LogP contribution in [0.4, 0.5) is 0 Å². The third-order valence-corrected chi connectivity index (χ3v) is 4.93. The maximum absolute atomic E-state index is 9.63. The molecule has 0 aliphatic carbocycles. The first kappa shape index (κ1) is 13.5. The van der Waals surface area contributed by atoms with E-state index in [4.69, 9.17) is 4.74 Å². The number of ether oxygens (including phenoxy) is 1. The molecule has 0 aromatic heterocycles. The second kappa shape index (κ2) is 5.11. The lowest BCUT2D eigenvalue weighted by Crippen LogP contribution is -2.53. The largest absolute Gasteiger partial charge is 0.487 e. The smallest absolute Gasteiger partial charge is 0.376 e. The molecule has 2 aliphatic heterocycles. The molecule has 1 saturated heterocycles. The van der Waals surface area contributed by atoms with Gasteiger partial charge in [0, 0.05) is 4.47 Å². The fourth-order valence-corrected chi connectivity index (χ4v) is 3.56. The Morgan fingerprint density at radius 3 is 2.74 bits per heavy atom. The summed E-state index contributed by atoms with van der Waals surface area (Å²) in [5.74, 6) is 1.04. The Bertz CT molecular complexity index is 473. The first-order valence-electron chi connectivity index (χ1n) is 6.98. The second-order valence-corrected chi connectivity index (χ2v) is 6.62. The van der Waals surface area contributed by atoms with E-state index in [0.29, 0.717) is 0 Å². The molecule has 2 heterocycles. The van der Waals surface area contributed by atoms with Gasteiger partial charge in [0.1, 0.15) is 11.4 Å². The summed E-state index contributed by atoms with van der Waals surface area (Å²) in [6.07, 6.45) is 4.19. The minimum Gasteiger partial charge on any atom is -0.487 e. The Morgan fingerprint density at radius 2 is 2.05 bits per heavy atom. The Balaban J connectivity index is 1.74. The number of hydrogen-bond donors (Lipinski definition) is 1. The van der Waals surface area contributed by atoms with Crippen LogP contribution in [0.3, 0.4) is 0 Å². The molecule has 1 spiro atoms. The molecule has 1 fully saturated rings. The van der Waals surface area contributed by atoms with Gasteiger partial charge < -0.3 is 14.6 Å². The lowest BCUT2D eigenvalue weighted by Gasteiger charge is -2.45. The maximum Gasteiger partial charge on any atom is 0.376 e. The van der Waals surface area contributed by atoms with E-state index in [2.05, 4.69) is 32.9 Å². The summed E-state index contributed by atoms with van der Waals surface area (Å²) in [5.41, 5.74) is 1.30. The normalized spacial score (nSPS) is 21.8. The van der Waals surface area contributed by atoms with E-state index in [9.17, 15) is 5.02 Å². The van der Waals surface area contributed by atoms with Crippen molar-refractivity contribution in [1.29, 1.82) is 0 Å². The predicted molar refractivity (Wildman–Crippen MR) is 80.5 cm³/mol. The Hall–Kier alpha value is -0.515. The standard InChI is InChI=1S/C14H19BBrNO2/c1-15(18)17-8-6-14(7-9-17)5-4-11-10-12(16)2-3-13(11)19-14/h2-3,10,18H,4-9H2,1H3. The molecule has 0 bridgehead atoms. The van der Waals surface area contributed by atoms with Crippen LogP contribution < -0.4 is 4.74 Å². The van der Waals surface area contributed by atoms with Crippen LogP contribution in [-0.4, -0.2) is 35.6 Å². The minimum absolute atomic E-state index is 0.00772. The predicted octanol–water partition coefficient (Wildman–Crippen LogP) is 2.72. The van der Waals surface area contributed by atoms with Crippen molar-refractivity contribution in [1.82, 2.24) is 4.81 Å². The summed E-state index contributed by atoms with van der Waals surface area (Å²) < 4.78 is 7.43. The highest BCUT2D eigenvalue weighted by Gasteiger charge is 2.40. The van der Waals surface area contributed by atoms with Crippen molar-refractivity contribution in [3.63, 3.8) is 0 Å². The molecule has 102 valence electrons. The van der Waals surface area contributed by atoms with Crippen LogP contribution in [0.2, 0.25) is 6.82 Å². The van der Waals surface area contributed by atoms with E-state index in [-0.39, 0.29) is 12.7 Å². The van der Waals surface area contributed by atoms with Crippen molar-refractivity contribution in [2.45, 2.75) is 38.1 Å². The molecule has 1 N–H and O–H groups in total. The van der Waals surface area contributed by atoms with Gasteiger partial charge in [0.05, 0.1) is 0 Å². The number of benzene rings is 1. The molecule has 19 heavy (non-hydrogen) atoms. The minimum atomic E-state index is -0.343. The van der Waals surface area contributed by atoms with Gasteiger partial charge in [-0.15, -0.1) is 0 Å². The fraction of sp³-hybridized carbons (Fsp3) is 0.571. The summed E-state index contributed by atoms with van der Waals surface area (Å²) in [6, 6.07) is 6.28. The molecule has 0 amide bonds. The Labute approximate surface area is 123 Å². The van der Waals surface area contributed by atoms with Crippen LogP contribution in [0.5, 0.6) is 5.75 Å². The monoisotopic (exact) mass is 323 g/mol. The molecule has 3 nitrogen and oxygen atoms in total. The van der Waals surface area contributed by atoms with Crippen LogP contribution in [0, 0.1) is 0 Å². The van der Waals surface area contributed by atoms with Crippen LogP contribution in [-0.2, 0) is 6.42 Å². The summed E-state index contributed by atoms with van der Waals surface area (Å²) in [7, 11) is -0.343. The van der Waals surface area contributed by atoms with Crippen LogP contribution in [0.1, 0.15) is 24.8 Å². The molecule has 5 heteroatoms. The number of halogens is 1. The van der Waals surface area contributed by atoms with Gasteiger partial charge in [-0.25, -0.2) is 0 Å². The van der Waals surface area contributed by atoms with E-state index in [1.807, 2.05) is 12.9 Å². The first-order valence-corrected chi connectivity index (χ1v) is 7.77. The zero-order chi connectivity index (χ0) is 13.5. The van der Waals surface area contributed by atoms with E-state index in [1.54, 1.807) is 0 Å². The Morgan fingerprint density at radius 1 is 1.32 bits per heavy atom. The molecule has 0 saturated carbocycles. The zero-order valence-corrected chi connectivity index (χ0v) is 12.8. The Kier molecular flexibility index (Phi) is 3.62. The highest BCUT2D eigenvalue weighted by atomic mass is 79.9. The molecular formula is C14H19BBrNO2. The van der Waals surface area contributed by atoms with Crippen LogP contribution >= 0.6 is 15.9 Å². The topological polar surface area (TPSA) is 32.7 Å². The number of fused-ring (bicyclic) bond motifs is 1. The lowest BCUT2D eigenvalue weighted by atomic mass is 9.77. The number of nitrogens with zero attached hydrogens (tertiary/aromatic N) is 1. The molecule has 0 unspecified atom stereocenters. The molecule has 1 aromatic rings.